The van der Waals surface area contributed by atoms with Crippen molar-refractivity contribution in [2.75, 3.05) is 5.73 Å². The molecule has 4 N–H and O–H groups in total. The molecule has 0 aliphatic rings. The van der Waals surface area contributed by atoms with Gasteiger partial charge >= 0.3 is 0 Å². The second kappa shape index (κ2) is 4.52. The highest BCUT2D eigenvalue weighted by atomic mass is 32.2. The van der Waals surface area contributed by atoms with Crippen molar-refractivity contribution in [2.45, 2.75) is 11.4 Å². The lowest BCUT2D eigenvalue weighted by Crippen LogP contribution is -2.24. The van der Waals surface area contributed by atoms with Gasteiger partial charge in [-0.1, -0.05) is 0 Å². The fourth-order valence-corrected chi connectivity index (χ4v) is 2.35. The number of rotatable bonds is 4. The van der Waals surface area contributed by atoms with Gasteiger partial charge in [-0.25, -0.2) is 23.1 Å². The molecule has 0 saturated heterocycles. The summed E-state index contributed by atoms with van der Waals surface area (Å²) >= 11 is 0. The zero-order chi connectivity index (χ0) is 12.3. The van der Waals surface area contributed by atoms with E-state index in [0.29, 0.717) is 5.69 Å². The number of hydrogen-bond donors (Lipinski definition) is 3. The number of imidazole rings is 1. The molecule has 0 bridgehead atoms. The molecule has 0 aliphatic heterocycles. The Balaban J connectivity index is 2.17. The highest BCUT2D eigenvalue weighted by Crippen LogP contribution is 2.14. The van der Waals surface area contributed by atoms with Crippen LogP contribution in [0.25, 0.3) is 0 Å². The molecule has 0 aromatic carbocycles. The molecule has 0 unspecified atom stereocenters. The Morgan fingerprint density at radius 3 is 2.94 bits per heavy atom. The number of nitrogen functional groups attached to an aromatic ring is 1. The van der Waals surface area contributed by atoms with Gasteiger partial charge in [-0.05, 0) is 12.1 Å². The third-order valence-corrected chi connectivity index (χ3v) is 3.55. The molecule has 0 atom stereocenters. The summed E-state index contributed by atoms with van der Waals surface area (Å²) in [6.07, 6.45) is 4.44. The van der Waals surface area contributed by atoms with Crippen molar-refractivity contribution in [3.63, 3.8) is 0 Å². The number of pyridine rings is 1. The summed E-state index contributed by atoms with van der Waals surface area (Å²) < 4.78 is 26.2. The van der Waals surface area contributed by atoms with Gasteiger partial charge in [0.2, 0.25) is 10.0 Å². The van der Waals surface area contributed by atoms with Crippen LogP contribution in [-0.2, 0) is 16.6 Å². The molecule has 7 nitrogen and oxygen atoms in total. The Bertz CT molecular complexity index is 594. The molecular formula is C9H11N5O2S. The molecule has 8 heteroatoms. The number of nitrogens with two attached hydrogens (primary N) is 1. The first-order chi connectivity index (χ1) is 8.09. The van der Waals surface area contributed by atoms with E-state index in [9.17, 15) is 8.42 Å². The molecule has 17 heavy (non-hydrogen) atoms. The van der Waals surface area contributed by atoms with E-state index in [2.05, 4.69) is 19.7 Å². The molecule has 0 radical (unpaired) electrons. The molecule has 2 rings (SSSR count). The molecule has 2 aromatic heterocycles. The van der Waals surface area contributed by atoms with E-state index in [0.717, 1.165) is 0 Å². The van der Waals surface area contributed by atoms with E-state index in [4.69, 9.17) is 5.73 Å². The van der Waals surface area contributed by atoms with Crippen LogP contribution in [0, 0.1) is 0 Å². The first-order valence-corrected chi connectivity index (χ1v) is 6.25. The van der Waals surface area contributed by atoms with Crippen LogP contribution < -0.4 is 10.5 Å². The van der Waals surface area contributed by atoms with Gasteiger partial charge in [0.1, 0.15) is 10.7 Å². The van der Waals surface area contributed by atoms with Crippen molar-refractivity contribution in [2.24, 2.45) is 0 Å². The van der Waals surface area contributed by atoms with Gasteiger partial charge in [0.25, 0.3) is 0 Å². The topological polar surface area (TPSA) is 114 Å². The molecule has 0 aliphatic carbocycles. The summed E-state index contributed by atoms with van der Waals surface area (Å²) in [6.45, 7) is 0.122. The summed E-state index contributed by atoms with van der Waals surface area (Å²) in [5.41, 5.74) is 6.17. The zero-order valence-corrected chi connectivity index (χ0v) is 9.61. The van der Waals surface area contributed by atoms with Crippen molar-refractivity contribution in [1.29, 1.82) is 0 Å². The number of hydrogen-bond acceptors (Lipinski definition) is 5. The predicted molar refractivity (Wildman–Crippen MR) is 61.3 cm³/mol. The lowest BCUT2D eigenvalue weighted by Gasteiger charge is -2.06. The highest BCUT2D eigenvalue weighted by molar-refractivity contribution is 7.89. The average Bonchev–Trinajstić information content (AvgIpc) is 2.80. The van der Waals surface area contributed by atoms with Crippen LogP contribution in [0.3, 0.4) is 0 Å². The quantitative estimate of drug-likeness (QED) is 0.702. The maximum absolute atomic E-state index is 11.9. The first kappa shape index (κ1) is 11.6. The number of aromatic amines is 1. The Hall–Kier alpha value is -1.93. The lowest BCUT2D eigenvalue weighted by molar-refractivity contribution is 0.580. The maximum Gasteiger partial charge on any atom is 0.244 e. The highest BCUT2D eigenvalue weighted by Gasteiger charge is 2.17. The Labute approximate surface area is 98.2 Å². The van der Waals surface area contributed by atoms with E-state index in [-0.39, 0.29) is 17.3 Å². The Kier molecular flexibility index (Phi) is 3.07. The van der Waals surface area contributed by atoms with Crippen molar-refractivity contribution < 1.29 is 8.42 Å². The van der Waals surface area contributed by atoms with Crippen LogP contribution in [0.5, 0.6) is 0 Å². The van der Waals surface area contributed by atoms with Crippen LogP contribution in [-0.4, -0.2) is 23.4 Å². The molecular weight excluding hydrogens is 242 g/mol. The predicted octanol–water partition coefficient (Wildman–Crippen LogP) is -0.135. The van der Waals surface area contributed by atoms with Crippen molar-refractivity contribution in [1.82, 2.24) is 19.7 Å². The van der Waals surface area contributed by atoms with Gasteiger partial charge in [0.15, 0.2) is 0 Å². The molecule has 90 valence electrons. The molecule has 0 saturated carbocycles. The number of anilines is 1. The molecule has 0 amide bonds. The molecule has 0 spiro atoms. The smallest absolute Gasteiger partial charge is 0.244 e. The SMILES string of the molecule is Nc1ncccc1S(=O)(=O)NCc1cnc[nH]1. The average molecular weight is 253 g/mol. The van der Waals surface area contributed by atoms with Gasteiger partial charge in [0, 0.05) is 18.1 Å². The normalized spacial score (nSPS) is 11.5. The number of H-pyrrole nitrogens is 1. The van der Waals surface area contributed by atoms with Gasteiger partial charge in [0.05, 0.1) is 12.9 Å². The molecule has 0 fully saturated rings. The second-order valence-corrected chi connectivity index (χ2v) is 5.02. The summed E-state index contributed by atoms with van der Waals surface area (Å²) in [5, 5.41) is 0. The summed E-state index contributed by atoms with van der Waals surface area (Å²) in [4.78, 5) is 10.3. The minimum Gasteiger partial charge on any atom is -0.383 e. The summed E-state index contributed by atoms with van der Waals surface area (Å²) in [5.74, 6) is -0.0235. The number of nitrogens with one attached hydrogen (secondary N) is 2. The van der Waals surface area contributed by atoms with Crippen LogP contribution in [0.2, 0.25) is 0 Å². The lowest BCUT2D eigenvalue weighted by atomic mass is 10.5. The summed E-state index contributed by atoms with van der Waals surface area (Å²) in [6, 6.07) is 2.92. The Morgan fingerprint density at radius 2 is 2.29 bits per heavy atom. The van der Waals surface area contributed by atoms with Crippen molar-refractivity contribution >= 4 is 15.8 Å². The first-order valence-electron chi connectivity index (χ1n) is 4.77. The van der Waals surface area contributed by atoms with Crippen LogP contribution in [0.4, 0.5) is 5.82 Å². The van der Waals surface area contributed by atoms with E-state index in [1.165, 1.54) is 30.9 Å². The standard InChI is InChI=1S/C9H11N5O2S/c10-9-8(2-1-3-12-9)17(15,16)14-5-7-4-11-6-13-7/h1-4,6,14H,5H2,(H2,10,12)(H,11,13). The van der Waals surface area contributed by atoms with E-state index >= 15 is 0 Å². The fourth-order valence-electron chi connectivity index (χ4n) is 1.26. The van der Waals surface area contributed by atoms with Gasteiger partial charge < -0.3 is 10.7 Å². The minimum atomic E-state index is -3.65. The number of nitrogens with zero attached hydrogens (tertiary/aromatic N) is 2. The van der Waals surface area contributed by atoms with Gasteiger partial charge in [-0.15, -0.1) is 0 Å². The van der Waals surface area contributed by atoms with E-state index < -0.39 is 10.0 Å². The zero-order valence-electron chi connectivity index (χ0n) is 8.79. The van der Waals surface area contributed by atoms with Gasteiger partial charge in [-0.2, -0.15) is 0 Å². The van der Waals surface area contributed by atoms with E-state index in [1.807, 2.05) is 0 Å². The molecule has 2 heterocycles. The van der Waals surface area contributed by atoms with Gasteiger partial charge in [-0.3, -0.25) is 0 Å². The van der Waals surface area contributed by atoms with Crippen LogP contribution in [0.1, 0.15) is 5.69 Å². The van der Waals surface area contributed by atoms with Crippen molar-refractivity contribution in [3.05, 3.63) is 36.5 Å². The van der Waals surface area contributed by atoms with Crippen molar-refractivity contribution in [3.8, 4) is 0 Å². The third kappa shape index (κ3) is 2.60. The number of aromatic nitrogens is 3. The fraction of sp³-hybridized carbons (Fsp3) is 0.111. The third-order valence-electron chi connectivity index (χ3n) is 2.10. The summed E-state index contributed by atoms with van der Waals surface area (Å²) in [7, 11) is -3.65. The Morgan fingerprint density at radius 1 is 1.47 bits per heavy atom. The number of sulfonamides is 1. The van der Waals surface area contributed by atoms with E-state index in [1.54, 1.807) is 0 Å². The second-order valence-electron chi connectivity index (χ2n) is 3.29. The molecule has 2 aromatic rings. The maximum atomic E-state index is 11.9. The van der Waals surface area contributed by atoms with Crippen LogP contribution >= 0.6 is 0 Å². The minimum absolute atomic E-state index is 0.0235. The van der Waals surface area contributed by atoms with Crippen LogP contribution in [0.15, 0.2) is 35.7 Å². The monoisotopic (exact) mass is 253 g/mol. The largest absolute Gasteiger partial charge is 0.383 e.